The van der Waals surface area contributed by atoms with E-state index < -0.39 is 22.6 Å². The van der Waals surface area contributed by atoms with Gasteiger partial charge in [-0.25, -0.2) is 18.2 Å². The number of fused-ring (bicyclic) bond motifs is 1. The number of Topliss-reactive ketones (excluding diaryl/α,β-unsaturated/α-hetero) is 1. The molecule has 0 unspecified atom stereocenters. The fraction of sp³-hybridized carbons (Fsp3) is 0.227. The minimum atomic E-state index is -3.34. The lowest BCUT2D eigenvalue weighted by Gasteiger charge is -2.18. The molecule has 0 saturated heterocycles. The van der Waals surface area contributed by atoms with E-state index in [1.165, 1.54) is 15.6 Å². The van der Waals surface area contributed by atoms with Crippen molar-refractivity contribution >= 4 is 38.8 Å². The molecule has 1 aromatic heterocycles. The van der Waals surface area contributed by atoms with Crippen LogP contribution in [0.1, 0.15) is 33.3 Å². The van der Waals surface area contributed by atoms with Crippen LogP contribution in [0.2, 0.25) is 0 Å². The van der Waals surface area contributed by atoms with Crippen molar-refractivity contribution in [3.05, 3.63) is 70.7 Å². The summed E-state index contributed by atoms with van der Waals surface area (Å²) in [6, 6.07) is 14.4. The predicted molar refractivity (Wildman–Crippen MR) is 119 cm³/mol. The van der Waals surface area contributed by atoms with Crippen LogP contribution >= 0.6 is 11.3 Å². The number of carbonyl (C=O) groups is 2. The van der Waals surface area contributed by atoms with E-state index in [2.05, 4.69) is 4.98 Å². The van der Waals surface area contributed by atoms with Crippen LogP contribution in [0.4, 0.5) is 5.69 Å². The van der Waals surface area contributed by atoms with Crippen LogP contribution in [-0.2, 0) is 21.2 Å². The number of nitrogens with zero attached hydrogens (tertiary/aromatic N) is 2. The molecule has 0 N–H and O–H groups in total. The van der Waals surface area contributed by atoms with E-state index >= 15 is 0 Å². The number of rotatable bonds is 7. The molecule has 9 heteroatoms. The average Bonchev–Trinajstić information content (AvgIpc) is 3.45. The summed E-state index contributed by atoms with van der Waals surface area (Å²) in [5.74, 6) is -0.995. The van der Waals surface area contributed by atoms with Gasteiger partial charge in [0.1, 0.15) is 5.01 Å². The first-order valence-electron chi connectivity index (χ1n) is 9.73. The topological polar surface area (TPSA) is 93.6 Å². The summed E-state index contributed by atoms with van der Waals surface area (Å²) in [4.78, 5) is 29.1. The Hall–Kier alpha value is -3.04. The highest BCUT2D eigenvalue weighted by Gasteiger charge is 2.28. The summed E-state index contributed by atoms with van der Waals surface area (Å²) in [7, 11) is -3.34. The molecule has 2 heterocycles. The molecule has 2 aromatic carbocycles. The van der Waals surface area contributed by atoms with Crippen molar-refractivity contribution in [3.63, 3.8) is 0 Å². The van der Waals surface area contributed by atoms with Crippen LogP contribution in [0.15, 0.2) is 53.9 Å². The number of carbonyl (C=O) groups excluding carboxylic acids is 2. The lowest BCUT2D eigenvalue weighted by atomic mass is 10.1. The first-order valence-corrected chi connectivity index (χ1v) is 12.2. The van der Waals surface area contributed by atoms with E-state index in [0.29, 0.717) is 29.2 Å². The Morgan fingerprint density at radius 3 is 2.68 bits per heavy atom. The van der Waals surface area contributed by atoms with E-state index in [-0.39, 0.29) is 17.2 Å². The number of anilines is 1. The summed E-state index contributed by atoms with van der Waals surface area (Å²) in [5.41, 5.74) is 2.84. The predicted octanol–water partition coefficient (Wildman–Crippen LogP) is 3.56. The van der Waals surface area contributed by atoms with Crippen LogP contribution in [0.3, 0.4) is 0 Å². The van der Waals surface area contributed by atoms with E-state index in [9.17, 15) is 18.0 Å². The molecular formula is C22H20N2O5S2. The van der Waals surface area contributed by atoms with E-state index in [1.807, 2.05) is 30.3 Å². The Morgan fingerprint density at radius 1 is 1.16 bits per heavy atom. The monoisotopic (exact) mass is 456 g/mol. The van der Waals surface area contributed by atoms with Gasteiger partial charge in [0.05, 0.1) is 11.4 Å². The fourth-order valence-corrected chi connectivity index (χ4v) is 5.31. The second-order valence-corrected chi connectivity index (χ2v) is 10.0. The van der Waals surface area contributed by atoms with Gasteiger partial charge in [-0.2, -0.15) is 0 Å². The minimum absolute atomic E-state index is 0.0195. The Kier molecular flexibility index (Phi) is 5.88. The number of ether oxygens (including phenoxy) is 1. The maximum atomic E-state index is 12.5. The van der Waals surface area contributed by atoms with Crippen molar-refractivity contribution < 1.29 is 22.7 Å². The highest BCUT2D eigenvalue weighted by atomic mass is 32.2. The summed E-state index contributed by atoms with van der Waals surface area (Å²) in [6.07, 6.45) is 0.538. The normalized spacial score (nSPS) is 13.1. The van der Waals surface area contributed by atoms with Crippen molar-refractivity contribution in [3.8, 4) is 10.6 Å². The Labute approximate surface area is 184 Å². The number of sulfonamides is 1. The smallest absolute Gasteiger partial charge is 0.358 e. The third-order valence-corrected chi connectivity index (χ3v) is 7.70. The molecular weight excluding hydrogens is 436 g/mol. The van der Waals surface area contributed by atoms with Crippen LogP contribution in [0.25, 0.3) is 10.6 Å². The van der Waals surface area contributed by atoms with Gasteiger partial charge in [0, 0.05) is 23.1 Å². The number of esters is 1. The Morgan fingerprint density at radius 2 is 1.94 bits per heavy atom. The number of benzene rings is 2. The third kappa shape index (κ3) is 4.38. The molecule has 1 aliphatic rings. The minimum Gasteiger partial charge on any atom is -0.453 e. The maximum Gasteiger partial charge on any atom is 0.358 e. The van der Waals surface area contributed by atoms with Gasteiger partial charge in [-0.15, -0.1) is 11.3 Å². The van der Waals surface area contributed by atoms with E-state index in [1.54, 1.807) is 30.5 Å². The summed E-state index contributed by atoms with van der Waals surface area (Å²) < 4.78 is 30.9. The van der Waals surface area contributed by atoms with Crippen molar-refractivity contribution in [2.45, 2.75) is 13.3 Å². The van der Waals surface area contributed by atoms with E-state index in [4.69, 9.17) is 4.74 Å². The van der Waals surface area contributed by atoms with Crippen molar-refractivity contribution in [2.24, 2.45) is 0 Å². The van der Waals surface area contributed by atoms with Gasteiger partial charge in [0.25, 0.3) is 0 Å². The largest absolute Gasteiger partial charge is 0.453 e. The Bertz CT molecular complexity index is 1240. The summed E-state index contributed by atoms with van der Waals surface area (Å²) in [6.45, 7) is 1.56. The number of aromatic nitrogens is 1. The lowest BCUT2D eigenvalue weighted by molar-refractivity contribution is 0.0470. The average molecular weight is 457 g/mol. The van der Waals surface area contributed by atoms with Crippen LogP contribution in [0, 0.1) is 0 Å². The number of ketones is 1. The molecule has 0 bridgehead atoms. The van der Waals surface area contributed by atoms with Gasteiger partial charge in [0.2, 0.25) is 10.0 Å². The zero-order valence-corrected chi connectivity index (χ0v) is 18.4. The second kappa shape index (κ2) is 8.60. The van der Waals surface area contributed by atoms with Gasteiger partial charge in [-0.3, -0.25) is 9.10 Å². The molecule has 160 valence electrons. The van der Waals surface area contributed by atoms with Gasteiger partial charge in [0.15, 0.2) is 18.1 Å². The molecule has 0 aliphatic carbocycles. The summed E-state index contributed by atoms with van der Waals surface area (Å²) in [5, 5.41) is 2.30. The SMILES string of the molecule is CCS(=O)(=O)N1CCc2cc(C(=O)COC(=O)c3csc(-c4ccccc4)n3)ccc21. The Balaban J connectivity index is 1.41. The molecule has 0 atom stereocenters. The molecule has 0 fully saturated rings. The maximum absolute atomic E-state index is 12.5. The second-order valence-electron chi connectivity index (χ2n) is 6.97. The lowest BCUT2D eigenvalue weighted by Crippen LogP contribution is -2.30. The molecule has 0 spiro atoms. The highest BCUT2D eigenvalue weighted by molar-refractivity contribution is 7.92. The highest BCUT2D eigenvalue weighted by Crippen LogP contribution is 2.31. The van der Waals surface area contributed by atoms with Gasteiger partial charge in [-0.1, -0.05) is 30.3 Å². The molecule has 4 rings (SSSR count). The quantitative estimate of drug-likeness (QED) is 0.399. The first kappa shape index (κ1) is 21.2. The molecule has 31 heavy (non-hydrogen) atoms. The van der Waals surface area contributed by atoms with Gasteiger partial charge in [-0.05, 0) is 37.1 Å². The number of hydrogen-bond acceptors (Lipinski definition) is 7. The van der Waals surface area contributed by atoms with Crippen LogP contribution in [-0.4, -0.2) is 44.1 Å². The zero-order chi connectivity index (χ0) is 22.0. The van der Waals surface area contributed by atoms with Crippen molar-refractivity contribution in [2.75, 3.05) is 23.2 Å². The van der Waals surface area contributed by atoms with Crippen LogP contribution < -0.4 is 4.31 Å². The molecule has 0 radical (unpaired) electrons. The molecule has 1 aliphatic heterocycles. The third-order valence-electron chi connectivity index (χ3n) is 5.02. The van der Waals surface area contributed by atoms with Crippen molar-refractivity contribution in [1.29, 1.82) is 0 Å². The standard InChI is InChI=1S/C22H20N2O5S2/c1-2-31(27,28)24-11-10-16-12-17(8-9-19(16)24)20(25)13-29-22(26)18-14-30-21(23-18)15-6-4-3-5-7-15/h3-9,12,14H,2,10-11,13H2,1H3. The van der Waals surface area contributed by atoms with Crippen LogP contribution in [0.5, 0.6) is 0 Å². The first-order chi connectivity index (χ1) is 14.9. The molecule has 7 nitrogen and oxygen atoms in total. The van der Waals surface area contributed by atoms with Gasteiger partial charge < -0.3 is 4.74 Å². The zero-order valence-electron chi connectivity index (χ0n) is 16.8. The van der Waals surface area contributed by atoms with E-state index in [0.717, 1.165) is 11.1 Å². The van der Waals surface area contributed by atoms with Gasteiger partial charge >= 0.3 is 5.97 Å². The molecule has 0 saturated carbocycles. The number of hydrogen-bond donors (Lipinski definition) is 0. The van der Waals surface area contributed by atoms with Crippen molar-refractivity contribution in [1.82, 2.24) is 4.98 Å². The summed E-state index contributed by atoms with van der Waals surface area (Å²) >= 11 is 1.33. The number of thiazole rings is 1. The molecule has 3 aromatic rings. The fourth-order valence-electron chi connectivity index (χ4n) is 3.36. The molecule has 0 amide bonds.